The summed E-state index contributed by atoms with van der Waals surface area (Å²) >= 11 is 0. The second-order valence-corrected chi connectivity index (χ2v) is 4.68. The quantitative estimate of drug-likeness (QED) is 0.661. The van der Waals surface area contributed by atoms with E-state index in [0.29, 0.717) is 12.5 Å². The molecule has 0 aromatic carbocycles. The minimum absolute atomic E-state index is 0.249. The van der Waals surface area contributed by atoms with Crippen molar-refractivity contribution in [2.24, 2.45) is 5.92 Å². The van der Waals surface area contributed by atoms with Gasteiger partial charge in [0.25, 0.3) is 0 Å². The largest absolute Gasteiger partial charge is 0.390 e. The lowest BCUT2D eigenvalue weighted by Crippen LogP contribution is -2.43. The van der Waals surface area contributed by atoms with E-state index in [2.05, 4.69) is 17.1 Å². The monoisotopic (exact) mass is 230 g/mol. The molecule has 2 unspecified atom stereocenters. The van der Waals surface area contributed by atoms with Crippen LogP contribution in [0.3, 0.4) is 0 Å². The first kappa shape index (κ1) is 13.9. The van der Waals surface area contributed by atoms with E-state index in [1.165, 1.54) is 12.8 Å². The van der Waals surface area contributed by atoms with Crippen molar-refractivity contribution in [1.82, 2.24) is 10.2 Å². The van der Waals surface area contributed by atoms with Gasteiger partial charge in [-0.15, -0.1) is 0 Å². The molecule has 0 saturated carbocycles. The molecule has 2 atom stereocenters. The number of ether oxygens (including phenoxy) is 1. The second-order valence-electron chi connectivity index (χ2n) is 4.68. The van der Waals surface area contributed by atoms with Gasteiger partial charge in [-0.25, -0.2) is 0 Å². The lowest BCUT2D eigenvalue weighted by Gasteiger charge is -2.33. The van der Waals surface area contributed by atoms with Gasteiger partial charge >= 0.3 is 0 Å². The Kier molecular flexibility index (Phi) is 6.96. The summed E-state index contributed by atoms with van der Waals surface area (Å²) < 4.78 is 5.20. The number of piperidine rings is 1. The molecule has 96 valence electrons. The predicted octanol–water partition coefficient (Wildman–Crippen LogP) is 0.315. The molecular formula is C12H26N2O2. The smallest absolute Gasteiger partial charge is 0.0791 e. The highest BCUT2D eigenvalue weighted by Gasteiger charge is 2.21. The molecular weight excluding hydrogens is 204 g/mol. The Labute approximate surface area is 99.0 Å². The van der Waals surface area contributed by atoms with Crippen LogP contribution in [0.15, 0.2) is 0 Å². The van der Waals surface area contributed by atoms with Crippen molar-refractivity contribution < 1.29 is 9.84 Å². The lowest BCUT2D eigenvalue weighted by atomic mass is 9.99. The van der Waals surface area contributed by atoms with Crippen molar-refractivity contribution in [2.45, 2.75) is 25.9 Å². The fourth-order valence-corrected chi connectivity index (χ4v) is 2.36. The molecule has 0 spiro atoms. The highest BCUT2D eigenvalue weighted by Crippen LogP contribution is 2.16. The average molecular weight is 230 g/mol. The summed E-state index contributed by atoms with van der Waals surface area (Å²) in [6, 6.07) is 0. The number of rotatable bonds is 7. The molecule has 1 aliphatic rings. The molecule has 4 nitrogen and oxygen atoms in total. The molecule has 1 heterocycles. The van der Waals surface area contributed by atoms with Crippen molar-refractivity contribution in [3.05, 3.63) is 0 Å². The number of aliphatic hydroxyl groups is 1. The van der Waals surface area contributed by atoms with Gasteiger partial charge < -0.3 is 20.1 Å². The van der Waals surface area contributed by atoms with Gasteiger partial charge in [-0.3, -0.25) is 0 Å². The fourth-order valence-electron chi connectivity index (χ4n) is 2.36. The third-order valence-corrected chi connectivity index (χ3v) is 3.10. The Balaban J connectivity index is 2.20. The zero-order chi connectivity index (χ0) is 11.8. The fraction of sp³-hybridized carbons (Fsp3) is 1.00. The van der Waals surface area contributed by atoms with Gasteiger partial charge in [0, 0.05) is 26.7 Å². The van der Waals surface area contributed by atoms with Gasteiger partial charge in [-0.1, -0.05) is 6.92 Å². The molecule has 4 heteroatoms. The molecule has 0 bridgehead atoms. The van der Waals surface area contributed by atoms with E-state index >= 15 is 0 Å². The van der Waals surface area contributed by atoms with Crippen molar-refractivity contribution in [3.8, 4) is 0 Å². The van der Waals surface area contributed by atoms with Gasteiger partial charge in [0.2, 0.25) is 0 Å². The summed E-state index contributed by atoms with van der Waals surface area (Å²) in [6.45, 7) is 7.49. The first-order valence-corrected chi connectivity index (χ1v) is 6.36. The highest BCUT2D eigenvalue weighted by atomic mass is 16.5. The van der Waals surface area contributed by atoms with Gasteiger partial charge in [0.05, 0.1) is 12.7 Å². The molecule has 1 saturated heterocycles. The summed E-state index contributed by atoms with van der Waals surface area (Å²) in [5.41, 5.74) is 0. The normalized spacial score (nSPS) is 24.6. The van der Waals surface area contributed by atoms with Gasteiger partial charge in [-0.05, 0) is 31.8 Å². The number of hydrogen-bond acceptors (Lipinski definition) is 4. The average Bonchev–Trinajstić information content (AvgIpc) is 2.27. The maximum atomic E-state index is 9.81. The molecule has 0 amide bonds. The molecule has 1 fully saturated rings. The molecule has 0 aromatic heterocycles. The van der Waals surface area contributed by atoms with Crippen LogP contribution in [0.2, 0.25) is 0 Å². The number of hydrogen-bond donors (Lipinski definition) is 2. The lowest BCUT2D eigenvalue weighted by molar-refractivity contribution is 0.0567. The zero-order valence-corrected chi connectivity index (χ0v) is 10.6. The zero-order valence-electron chi connectivity index (χ0n) is 10.6. The topological polar surface area (TPSA) is 44.7 Å². The minimum atomic E-state index is -0.249. The summed E-state index contributed by atoms with van der Waals surface area (Å²) in [5.74, 6) is 0.644. The first-order valence-electron chi connectivity index (χ1n) is 6.36. The first-order chi connectivity index (χ1) is 7.76. The number of nitrogens with zero attached hydrogens (tertiary/aromatic N) is 1. The van der Waals surface area contributed by atoms with Crippen LogP contribution in [-0.2, 0) is 4.74 Å². The van der Waals surface area contributed by atoms with E-state index in [-0.39, 0.29) is 6.10 Å². The number of nitrogens with one attached hydrogen (secondary N) is 1. The second kappa shape index (κ2) is 8.01. The highest BCUT2D eigenvalue weighted by molar-refractivity contribution is 4.75. The maximum absolute atomic E-state index is 9.81. The number of likely N-dealkylation sites (N-methyl/N-ethyl adjacent to an activating group) is 1. The molecule has 1 rings (SSSR count). The molecule has 0 aliphatic carbocycles. The summed E-state index contributed by atoms with van der Waals surface area (Å²) in [4.78, 5) is 2.36. The van der Waals surface area contributed by atoms with Crippen LogP contribution < -0.4 is 5.32 Å². The van der Waals surface area contributed by atoms with Crippen LogP contribution >= 0.6 is 0 Å². The van der Waals surface area contributed by atoms with Crippen LogP contribution in [0.1, 0.15) is 19.8 Å². The summed E-state index contributed by atoms with van der Waals surface area (Å²) in [5, 5.41) is 13.0. The van der Waals surface area contributed by atoms with Gasteiger partial charge in [-0.2, -0.15) is 0 Å². The summed E-state index contributed by atoms with van der Waals surface area (Å²) in [6.07, 6.45) is 2.23. The van der Waals surface area contributed by atoms with Crippen LogP contribution in [0.4, 0.5) is 0 Å². The standard InChI is InChI=1S/C12H26N2O2/c1-3-13-7-12(15)9-14-6-4-5-11(8-14)10-16-2/h11-13,15H,3-10H2,1-2H3. The number of likely N-dealkylation sites (tertiary alicyclic amines) is 1. The minimum Gasteiger partial charge on any atom is -0.390 e. The third-order valence-electron chi connectivity index (χ3n) is 3.10. The SMILES string of the molecule is CCNCC(O)CN1CCCC(COC)C1. The predicted molar refractivity (Wildman–Crippen MR) is 65.6 cm³/mol. The Morgan fingerprint density at radius 3 is 3.06 bits per heavy atom. The van der Waals surface area contributed by atoms with Crippen LogP contribution in [-0.4, -0.2) is 62.6 Å². The van der Waals surface area contributed by atoms with E-state index in [0.717, 1.165) is 32.8 Å². The number of aliphatic hydroxyl groups excluding tert-OH is 1. The van der Waals surface area contributed by atoms with Crippen molar-refractivity contribution in [1.29, 1.82) is 0 Å². The van der Waals surface area contributed by atoms with E-state index in [1.54, 1.807) is 7.11 Å². The van der Waals surface area contributed by atoms with Gasteiger partial charge in [0.15, 0.2) is 0 Å². The molecule has 1 aliphatic heterocycles. The third kappa shape index (κ3) is 5.25. The van der Waals surface area contributed by atoms with Crippen molar-refractivity contribution in [2.75, 3.05) is 46.4 Å². The summed E-state index contributed by atoms with van der Waals surface area (Å²) in [7, 11) is 1.76. The molecule has 0 aromatic rings. The Morgan fingerprint density at radius 2 is 2.38 bits per heavy atom. The van der Waals surface area contributed by atoms with E-state index in [1.807, 2.05) is 0 Å². The van der Waals surface area contributed by atoms with Gasteiger partial charge in [0.1, 0.15) is 0 Å². The molecule has 16 heavy (non-hydrogen) atoms. The Hall–Kier alpha value is -0.160. The molecule has 0 radical (unpaired) electrons. The van der Waals surface area contributed by atoms with E-state index in [4.69, 9.17) is 4.74 Å². The number of β-amino-alcohol motifs (C(OH)–C–C–N with tert-alkyl or cyclic N) is 1. The van der Waals surface area contributed by atoms with E-state index < -0.39 is 0 Å². The Bertz CT molecular complexity index is 176. The number of methoxy groups -OCH3 is 1. The maximum Gasteiger partial charge on any atom is 0.0791 e. The van der Waals surface area contributed by atoms with E-state index in [9.17, 15) is 5.11 Å². The van der Waals surface area contributed by atoms with Crippen LogP contribution in [0.25, 0.3) is 0 Å². The molecule has 2 N–H and O–H groups in total. The Morgan fingerprint density at radius 1 is 1.56 bits per heavy atom. The van der Waals surface area contributed by atoms with Crippen molar-refractivity contribution in [3.63, 3.8) is 0 Å². The van der Waals surface area contributed by atoms with Crippen LogP contribution in [0, 0.1) is 5.92 Å². The van der Waals surface area contributed by atoms with Crippen LogP contribution in [0.5, 0.6) is 0 Å². The van der Waals surface area contributed by atoms with Crippen molar-refractivity contribution >= 4 is 0 Å².